The van der Waals surface area contributed by atoms with Gasteiger partial charge in [0.05, 0.1) is 18.6 Å². The number of halogens is 1. The molecule has 2 atom stereocenters. The summed E-state index contributed by atoms with van der Waals surface area (Å²) in [4.78, 5) is 4.54. The summed E-state index contributed by atoms with van der Waals surface area (Å²) in [5, 5.41) is 4.11. The minimum atomic E-state index is -0.412. The predicted octanol–water partition coefficient (Wildman–Crippen LogP) is 2.73. The fourth-order valence-corrected chi connectivity index (χ4v) is 2.79. The second-order valence-electron chi connectivity index (χ2n) is 5.89. The smallest absolute Gasteiger partial charge is 0.236 e. The second-order valence-corrected chi connectivity index (χ2v) is 6.68. The number of nitrogens with two attached hydrogens (primary N) is 1. The molecule has 21 heavy (non-hydrogen) atoms. The summed E-state index contributed by atoms with van der Waals surface area (Å²) in [6, 6.07) is 3.96. The third kappa shape index (κ3) is 2.41. The lowest BCUT2D eigenvalue weighted by molar-refractivity contribution is 0.169. The Morgan fingerprint density at radius 2 is 2.00 bits per heavy atom. The zero-order chi connectivity index (χ0) is 15.2. The molecule has 2 unspecified atom stereocenters. The average Bonchev–Trinajstić information content (AvgIpc) is 3.05. The van der Waals surface area contributed by atoms with Gasteiger partial charge in [0.15, 0.2) is 0 Å². The van der Waals surface area contributed by atoms with E-state index in [1.54, 1.807) is 0 Å². The minimum absolute atomic E-state index is 0.126. The molecule has 0 amide bonds. The molecule has 0 aliphatic carbocycles. The minimum Gasteiger partial charge on any atom is -0.379 e. The second kappa shape index (κ2) is 5.19. The first-order valence-electron chi connectivity index (χ1n) is 6.86. The molecular formula is C15H18BrN3O2. The van der Waals surface area contributed by atoms with Crippen molar-refractivity contribution in [3.8, 4) is 11.4 Å². The van der Waals surface area contributed by atoms with Gasteiger partial charge in [-0.15, -0.1) is 0 Å². The van der Waals surface area contributed by atoms with E-state index in [9.17, 15) is 0 Å². The normalized spacial score (nSPS) is 25.5. The molecule has 1 aliphatic rings. The summed E-state index contributed by atoms with van der Waals surface area (Å²) in [7, 11) is 0. The topological polar surface area (TPSA) is 74.2 Å². The van der Waals surface area contributed by atoms with Gasteiger partial charge in [-0.3, -0.25) is 0 Å². The molecule has 0 saturated carbocycles. The van der Waals surface area contributed by atoms with Crippen LogP contribution >= 0.6 is 15.9 Å². The molecule has 0 spiro atoms. The Hall–Kier alpha value is -1.24. The van der Waals surface area contributed by atoms with Gasteiger partial charge in [-0.2, -0.15) is 4.98 Å². The quantitative estimate of drug-likeness (QED) is 0.900. The molecule has 0 bridgehead atoms. The van der Waals surface area contributed by atoms with Crippen LogP contribution in [0.1, 0.15) is 23.9 Å². The molecule has 2 aromatic rings. The third-order valence-electron chi connectivity index (χ3n) is 4.13. The van der Waals surface area contributed by atoms with Crippen LogP contribution in [0.4, 0.5) is 0 Å². The summed E-state index contributed by atoms with van der Waals surface area (Å²) in [6.07, 6.45) is 0. The van der Waals surface area contributed by atoms with Crippen LogP contribution < -0.4 is 5.73 Å². The van der Waals surface area contributed by atoms with E-state index in [1.807, 2.05) is 32.9 Å². The summed E-state index contributed by atoms with van der Waals surface area (Å²) in [6.45, 7) is 7.12. The number of aromatic nitrogens is 2. The van der Waals surface area contributed by atoms with Crippen molar-refractivity contribution in [1.82, 2.24) is 10.1 Å². The molecular weight excluding hydrogens is 334 g/mol. The van der Waals surface area contributed by atoms with Gasteiger partial charge < -0.3 is 15.0 Å². The van der Waals surface area contributed by atoms with Crippen LogP contribution in [0, 0.1) is 13.8 Å². The van der Waals surface area contributed by atoms with Gasteiger partial charge in [0.2, 0.25) is 11.7 Å². The molecule has 1 fully saturated rings. The first-order chi connectivity index (χ1) is 9.91. The van der Waals surface area contributed by atoms with Crippen LogP contribution in [-0.4, -0.2) is 29.4 Å². The van der Waals surface area contributed by atoms with Gasteiger partial charge in [0, 0.05) is 16.1 Å². The maximum atomic E-state index is 6.10. The van der Waals surface area contributed by atoms with Gasteiger partial charge in [0.25, 0.3) is 0 Å². The molecule has 112 valence electrons. The van der Waals surface area contributed by atoms with Crippen LogP contribution in [-0.2, 0) is 10.2 Å². The molecule has 1 aromatic heterocycles. The highest BCUT2D eigenvalue weighted by atomic mass is 79.9. The van der Waals surface area contributed by atoms with Crippen LogP contribution in [0.5, 0.6) is 0 Å². The Labute approximate surface area is 132 Å². The third-order valence-corrected chi connectivity index (χ3v) is 5.38. The number of aryl methyl sites for hydroxylation is 2. The largest absolute Gasteiger partial charge is 0.379 e. The molecule has 2 N–H and O–H groups in total. The van der Waals surface area contributed by atoms with Crippen molar-refractivity contribution in [1.29, 1.82) is 0 Å². The first kappa shape index (κ1) is 14.7. The Kier molecular flexibility index (Phi) is 3.63. The lowest BCUT2D eigenvalue weighted by Crippen LogP contribution is -2.42. The van der Waals surface area contributed by atoms with E-state index < -0.39 is 5.41 Å². The van der Waals surface area contributed by atoms with Crippen molar-refractivity contribution >= 4 is 15.9 Å². The molecule has 6 heteroatoms. The van der Waals surface area contributed by atoms with Crippen molar-refractivity contribution in [2.45, 2.75) is 32.2 Å². The van der Waals surface area contributed by atoms with Crippen LogP contribution in [0.2, 0.25) is 0 Å². The van der Waals surface area contributed by atoms with Crippen molar-refractivity contribution in [2.24, 2.45) is 5.73 Å². The van der Waals surface area contributed by atoms with E-state index in [1.165, 1.54) is 0 Å². The summed E-state index contributed by atoms with van der Waals surface area (Å²) >= 11 is 3.56. The van der Waals surface area contributed by atoms with Crippen molar-refractivity contribution < 1.29 is 9.26 Å². The maximum Gasteiger partial charge on any atom is 0.236 e. The first-order valence-corrected chi connectivity index (χ1v) is 7.66. The summed E-state index contributed by atoms with van der Waals surface area (Å²) in [5.41, 5.74) is 8.92. The molecule has 3 rings (SSSR count). The fraction of sp³-hybridized carbons (Fsp3) is 0.467. The molecule has 1 aromatic carbocycles. The Balaban J connectivity index is 1.99. The van der Waals surface area contributed by atoms with E-state index in [0.29, 0.717) is 24.9 Å². The standard InChI is InChI=1S/C15H18BrN3O2/c1-8-4-10(5-9(2)12(8)16)13-18-14(21-19-13)15(3)7-20-6-11(15)17/h4-5,11H,6-7,17H2,1-3H3. The lowest BCUT2D eigenvalue weighted by Gasteiger charge is -2.21. The van der Waals surface area contributed by atoms with Crippen molar-refractivity contribution in [3.05, 3.63) is 33.6 Å². The van der Waals surface area contributed by atoms with E-state index in [-0.39, 0.29) is 6.04 Å². The van der Waals surface area contributed by atoms with Crippen molar-refractivity contribution in [2.75, 3.05) is 13.2 Å². The van der Waals surface area contributed by atoms with Crippen LogP contribution in [0.15, 0.2) is 21.1 Å². The number of hydrogen-bond acceptors (Lipinski definition) is 5. The molecule has 1 saturated heterocycles. The SMILES string of the molecule is Cc1cc(-c2noc(C3(C)COCC3N)n2)cc(C)c1Br. The highest BCUT2D eigenvalue weighted by Gasteiger charge is 2.44. The zero-order valence-electron chi connectivity index (χ0n) is 12.3. The number of nitrogens with zero attached hydrogens (tertiary/aromatic N) is 2. The number of hydrogen-bond donors (Lipinski definition) is 1. The van der Waals surface area contributed by atoms with Crippen LogP contribution in [0.3, 0.4) is 0 Å². The Morgan fingerprint density at radius 1 is 1.33 bits per heavy atom. The zero-order valence-corrected chi connectivity index (χ0v) is 13.9. The average molecular weight is 352 g/mol. The summed E-state index contributed by atoms with van der Waals surface area (Å²) < 4.78 is 12.0. The van der Waals surface area contributed by atoms with Gasteiger partial charge >= 0.3 is 0 Å². The fourth-order valence-electron chi connectivity index (χ4n) is 2.56. The maximum absolute atomic E-state index is 6.10. The highest BCUT2D eigenvalue weighted by Crippen LogP contribution is 2.33. The van der Waals surface area contributed by atoms with Gasteiger partial charge in [-0.1, -0.05) is 21.1 Å². The summed E-state index contributed by atoms with van der Waals surface area (Å²) in [5.74, 6) is 1.13. The van der Waals surface area contributed by atoms with Gasteiger partial charge in [0.1, 0.15) is 0 Å². The molecule has 2 heterocycles. The Morgan fingerprint density at radius 3 is 2.57 bits per heavy atom. The van der Waals surface area contributed by atoms with E-state index in [2.05, 4.69) is 26.1 Å². The van der Waals surface area contributed by atoms with Gasteiger partial charge in [-0.05, 0) is 44.0 Å². The van der Waals surface area contributed by atoms with E-state index in [4.69, 9.17) is 15.0 Å². The lowest BCUT2D eigenvalue weighted by atomic mass is 9.86. The number of benzene rings is 1. The molecule has 1 aliphatic heterocycles. The highest BCUT2D eigenvalue weighted by molar-refractivity contribution is 9.10. The number of ether oxygens (including phenoxy) is 1. The monoisotopic (exact) mass is 351 g/mol. The van der Waals surface area contributed by atoms with E-state index >= 15 is 0 Å². The predicted molar refractivity (Wildman–Crippen MR) is 83.1 cm³/mol. The van der Waals surface area contributed by atoms with Crippen LogP contribution in [0.25, 0.3) is 11.4 Å². The number of rotatable bonds is 2. The van der Waals surface area contributed by atoms with Gasteiger partial charge in [-0.25, -0.2) is 0 Å². The Bertz CT molecular complexity index is 662. The molecule has 5 nitrogen and oxygen atoms in total. The van der Waals surface area contributed by atoms with Crippen molar-refractivity contribution in [3.63, 3.8) is 0 Å². The van der Waals surface area contributed by atoms with E-state index in [0.717, 1.165) is 21.2 Å². The molecule has 0 radical (unpaired) electrons.